The monoisotopic (exact) mass is 248 g/mol. The Morgan fingerprint density at radius 2 is 1.72 bits per heavy atom. The van der Waals surface area contributed by atoms with Crippen molar-refractivity contribution in [2.75, 3.05) is 13.1 Å². The molecule has 0 aliphatic carbocycles. The van der Waals surface area contributed by atoms with Gasteiger partial charge >= 0.3 is 0 Å². The molecule has 0 spiro atoms. The predicted molar refractivity (Wildman–Crippen MR) is 79.8 cm³/mol. The summed E-state index contributed by atoms with van der Waals surface area (Å²) in [7, 11) is 0. The molecule has 0 fully saturated rings. The van der Waals surface area contributed by atoms with Gasteiger partial charge in [0.2, 0.25) is 0 Å². The van der Waals surface area contributed by atoms with Crippen LogP contribution in [0.25, 0.3) is 0 Å². The van der Waals surface area contributed by atoms with Gasteiger partial charge < -0.3 is 5.73 Å². The average molecular weight is 248 g/mol. The lowest BCUT2D eigenvalue weighted by Gasteiger charge is -2.42. The van der Waals surface area contributed by atoms with Crippen LogP contribution in [0.15, 0.2) is 18.2 Å². The summed E-state index contributed by atoms with van der Waals surface area (Å²) < 4.78 is 0. The van der Waals surface area contributed by atoms with Crippen molar-refractivity contribution < 1.29 is 0 Å². The van der Waals surface area contributed by atoms with Gasteiger partial charge in [-0.2, -0.15) is 0 Å². The Morgan fingerprint density at radius 1 is 1.17 bits per heavy atom. The second-order valence-corrected chi connectivity index (χ2v) is 5.66. The minimum absolute atomic E-state index is 0.0257. The van der Waals surface area contributed by atoms with E-state index in [9.17, 15) is 0 Å². The third-order valence-corrected chi connectivity index (χ3v) is 4.11. The zero-order valence-electron chi connectivity index (χ0n) is 12.7. The van der Waals surface area contributed by atoms with E-state index in [1.807, 2.05) is 0 Å². The molecule has 2 nitrogen and oxygen atoms in total. The summed E-state index contributed by atoms with van der Waals surface area (Å²) in [6.45, 7) is 15.2. The summed E-state index contributed by atoms with van der Waals surface area (Å²) in [5.41, 5.74) is 10.4. The molecule has 0 heterocycles. The van der Waals surface area contributed by atoms with E-state index >= 15 is 0 Å². The third kappa shape index (κ3) is 2.93. The maximum Gasteiger partial charge on any atom is 0.0479 e. The maximum atomic E-state index is 6.55. The summed E-state index contributed by atoms with van der Waals surface area (Å²) in [4.78, 5) is 2.43. The summed E-state index contributed by atoms with van der Waals surface area (Å²) in [5, 5.41) is 0. The molecule has 1 rings (SSSR count). The van der Waals surface area contributed by atoms with Crippen molar-refractivity contribution >= 4 is 0 Å². The molecule has 0 aliphatic heterocycles. The summed E-state index contributed by atoms with van der Waals surface area (Å²) in [5.74, 6) is 0. The Hall–Kier alpha value is -0.860. The first-order valence-corrected chi connectivity index (χ1v) is 6.92. The van der Waals surface area contributed by atoms with E-state index in [0.29, 0.717) is 0 Å². The molecule has 0 aromatic heterocycles. The Balaban J connectivity index is 3.12. The van der Waals surface area contributed by atoms with Gasteiger partial charge in [-0.15, -0.1) is 0 Å². The molecule has 0 bridgehead atoms. The fraction of sp³-hybridized carbons (Fsp3) is 0.625. The SMILES string of the molecule is CCN(CC)C(C)(C)C(N)c1cc(C)ccc1C. The van der Waals surface area contributed by atoms with Crippen LogP contribution >= 0.6 is 0 Å². The molecule has 0 radical (unpaired) electrons. The Morgan fingerprint density at radius 3 is 2.22 bits per heavy atom. The Bertz CT molecular complexity index is 392. The smallest absolute Gasteiger partial charge is 0.0479 e. The second kappa shape index (κ2) is 5.85. The molecule has 0 saturated heterocycles. The zero-order chi connectivity index (χ0) is 13.9. The molecule has 1 aromatic carbocycles. The molecule has 18 heavy (non-hydrogen) atoms. The van der Waals surface area contributed by atoms with Gasteiger partial charge in [0.15, 0.2) is 0 Å². The van der Waals surface area contributed by atoms with E-state index in [4.69, 9.17) is 5.73 Å². The number of benzene rings is 1. The quantitative estimate of drug-likeness (QED) is 0.865. The third-order valence-electron chi connectivity index (χ3n) is 4.11. The minimum atomic E-state index is -0.0257. The van der Waals surface area contributed by atoms with Crippen LogP contribution in [0.3, 0.4) is 0 Å². The van der Waals surface area contributed by atoms with Gasteiger partial charge in [0.25, 0.3) is 0 Å². The van der Waals surface area contributed by atoms with Gasteiger partial charge in [0.05, 0.1) is 0 Å². The highest BCUT2D eigenvalue weighted by Gasteiger charge is 2.33. The van der Waals surface area contributed by atoms with Crippen LogP contribution in [0, 0.1) is 13.8 Å². The van der Waals surface area contributed by atoms with Crippen LogP contribution in [0.1, 0.15) is 50.4 Å². The molecule has 1 aromatic rings. The summed E-state index contributed by atoms with van der Waals surface area (Å²) in [6, 6.07) is 6.58. The van der Waals surface area contributed by atoms with E-state index in [1.54, 1.807) is 0 Å². The highest BCUT2D eigenvalue weighted by molar-refractivity contribution is 5.34. The van der Waals surface area contributed by atoms with Crippen LogP contribution in [-0.4, -0.2) is 23.5 Å². The zero-order valence-corrected chi connectivity index (χ0v) is 12.7. The lowest BCUT2D eigenvalue weighted by molar-refractivity contribution is 0.106. The van der Waals surface area contributed by atoms with Crippen molar-refractivity contribution in [3.05, 3.63) is 34.9 Å². The molecule has 0 amide bonds. The number of nitrogens with two attached hydrogens (primary N) is 1. The van der Waals surface area contributed by atoms with Crippen LogP contribution in [0.4, 0.5) is 0 Å². The van der Waals surface area contributed by atoms with Crippen LogP contribution in [0.2, 0.25) is 0 Å². The van der Waals surface area contributed by atoms with Gasteiger partial charge in [-0.1, -0.05) is 37.6 Å². The second-order valence-electron chi connectivity index (χ2n) is 5.66. The molecule has 2 N–H and O–H groups in total. The van der Waals surface area contributed by atoms with Crippen LogP contribution < -0.4 is 5.73 Å². The molecule has 1 unspecified atom stereocenters. The number of hydrogen-bond donors (Lipinski definition) is 1. The topological polar surface area (TPSA) is 29.3 Å². The van der Waals surface area contributed by atoms with E-state index < -0.39 is 0 Å². The fourth-order valence-corrected chi connectivity index (χ4v) is 2.71. The van der Waals surface area contributed by atoms with Crippen molar-refractivity contribution in [1.82, 2.24) is 4.90 Å². The highest BCUT2D eigenvalue weighted by Crippen LogP contribution is 2.31. The number of likely N-dealkylation sites (N-methyl/N-ethyl adjacent to an activating group) is 1. The largest absolute Gasteiger partial charge is 0.322 e. The van der Waals surface area contributed by atoms with E-state index in [0.717, 1.165) is 13.1 Å². The first-order valence-electron chi connectivity index (χ1n) is 6.92. The van der Waals surface area contributed by atoms with Gasteiger partial charge in [-0.25, -0.2) is 0 Å². The number of hydrogen-bond acceptors (Lipinski definition) is 2. The fourth-order valence-electron chi connectivity index (χ4n) is 2.71. The predicted octanol–water partition coefficient (Wildman–Crippen LogP) is 3.42. The molecular formula is C16H28N2. The number of rotatable bonds is 5. The lowest BCUT2D eigenvalue weighted by atomic mass is 9.85. The number of aryl methyl sites for hydroxylation is 2. The van der Waals surface area contributed by atoms with Crippen LogP contribution in [0.5, 0.6) is 0 Å². The van der Waals surface area contributed by atoms with Crippen molar-refractivity contribution in [1.29, 1.82) is 0 Å². The maximum absolute atomic E-state index is 6.55. The van der Waals surface area contributed by atoms with Crippen molar-refractivity contribution in [3.63, 3.8) is 0 Å². The van der Waals surface area contributed by atoms with E-state index in [2.05, 4.69) is 64.6 Å². The first kappa shape index (κ1) is 15.2. The van der Waals surface area contributed by atoms with Crippen molar-refractivity contribution in [3.8, 4) is 0 Å². The Labute approximate surface area is 112 Å². The van der Waals surface area contributed by atoms with Gasteiger partial charge in [-0.05, 0) is 51.9 Å². The normalized spacial score (nSPS) is 14.0. The van der Waals surface area contributed by atoms with E-state index in [1.165, 1.54) is 16.7 Å². The molecule has 0 aliphatic rings. The molecule has 0 saturated carbocycles. The average Bonchev–Trinajstić information content (AvgIpc) is 2.32. The minimum Gasteiger partial charge on any atom is -0.322 e. The van der Waals surface area contributed by atoms with Crippen molar-refractivity contribution in [2.24, 2.45) is 5.73 Å². The van der Waals surface area contributed by atoms with Gasteiger partial charge in [-0.3, -0.25) is 4.90 Å². The van der Waals surface area contributed by atoms with Crippen LogP contribution in [-0.2, 0) is 0 Å². The first-order chi connectivity index (χ1) is 8.34. The summed E-state index contributed by atoms with van der Waals surface area (Å²) >= 11 is 0. The lowest BCUT2D eigenvalue weighted by Crippen LogP contribution is -2.51. The van der Waals surface area contributed by atoms with Gasteiger partial charge in [0.1, 0.15) is 0 Å². The number of nitrogens with zero attached hydrogens (tertiary/aromatic N) is 1. The Kier molecular flexibility index (Phi) is 4.94. The van der Waals surface area contributed by atoms with E-state index in [-0.39, 0.29) is 11.6 Å². The van der Waals surface area contributed by atoms with Crippen molar-refractivity contribution in [2.45, 2.75) is 53.1 Å². The molecule has 1 atom stereocenters. The summed E-state index contributed by atoms with van der Waals surface area (Å²) in [6.07, 6.45) is 0. The molecule has 102 valence electrons. The molecule has 2 heteroatoms. The molecular weight excluding hydrogens is 220 g/mol. The van der Waals surface area contributed by atoms with Gasteiger partial charge in [0, 0.05) is 11.6 Å². The highest BCUT2D eigenvalue weighted by atomic mass is 15.2. The standard InChI is InChI=1S/C16H28N2/c1-7-18(8-2)16(5,6)15(17)14-11-12(3)9-10-13(14)4/h9-11,15H,7-8,17H2,1-6H3.